The molecule has 0 aliphatic rings. The SMILES string of the molecule is CNCCC#Cc1cc(F)c(N)c(F)c1. The van der Waals surface area contributed by atoms with Crippen LogP contribution in [0.1, 0.15) is 12.0 Å². The van der Waals surface area contributed by atoms with E-state index in [4.69, 9.17) is 5.73 Å². The highest BCUT2D eigenvalue weighted by molar-refractivity contribution is 5.47. The Morgan fingerprint density at radius 1 is 1.33 bits per heavy atom. The van der Waals surface area contributed by atoms with Crippen LogP contribution < -0.4 is 11.1 Å². The molecule has 0 aliphatic heterocycles. The maximum Gasteiger partial charge on any atom is 0.150 e. The Morgan fingerprint density at radius 3 is 2.47 bits per heavy atom. The van der Waals surface area contributed by atoms with Crippen LogP contribution in [0.25, 0.3) is 0 Å². The lowest BCUT2D eigenvalue weighted by molar-refractivity contribution is 0.591. The van der Waals surface area contributed by atoms with E-state index < -0.39 is 17.3 Å². The van der Waals surface area contributed by atoms with E-state index in [1.54, 1.807) is 0 Å². The Labute approximate surface area is 87.5 Å². The lowest BCUT2D eigenvalue weighted by Crippen LogP contribution is -2.05. The van der Waals surface area contributed by atoms with Crippen molar-refractivity contribution in [2.24, 2.45) is 0 Å². The lowest BCUT2D eigenvalue weighted by Gasteiger charge is -1.98. The Bertz CT molecular complexity index is 382. The third-order valence-electron chi connectivity index (χ3n) is 1.81. The Kier molecular flexibility index (Phi) is 4.07. The molecule has 1 aromatic carbocycles. The fourth-order valence-corrected chi connectivity index (χ4v) is 1.01. The smallest absolute Gasteiger partial charge is 0.150 e. The van der Waals surface area contributed by atoms with Crippen molar-refractivity contribution in [3.05, 3.63) is 29.3 Å². The molecule has 0 heterocycles. The van der Waals surface area contributed by atoms with Crippen molar-refractivity contribution in [1.82, 2.24) is 5.32 Å². The van der Waals surface area contributed by atoms with E-state index in [1.807, 2.05) is 7.05 Å². The first-order valence-electron chi connectivity index (χ1n) is 4.53. The molecular weight excluding hydrogens is 198 g/mol. The maximum atomic E-state index is 13.0. The molecule has 0 aromatic heterocycles. The van der Waals surface area contributed by atoms with Crippen LogP contribution >= 0.6 is 0 Å². The molecule has 0 saturated heterocycles. The second-order valence-electron chi connectivity index (χ2n) is 3.01. The fraction of sp³-hybridized carbons (Fsp3) is 0.273. The molecule has 0 aliphatic carbocycles. The van der Waals surface area contributed by atoms with Crippen LogP contribution in [0, 0.1) is 23.5 Å². The third kappa shape index (κ3) is 3.22. The van der Waals surface area contributed by atoms with Gasteiger partial charge in [-0.25, -0.2) is 8.78 Å². The van der Waals surface area contributed by atoms with Crippen LogP contribution in [0.3, 0.4) is 0 Å². The fourth-order valence-electron chi connectivity index (χ4n) is 1.01. The minimum absolute atomic E-state index is 0.301. The number of nitrogen functional groups attached to an aromatic ring is 1. The van der Waals surface area contributed by atoms with Gasteiger partial charge in [-0.05, 0) is 19.2 Å². The summed E-state index contributed by atoms with van der Waals surface area (Å²) >= 11 is 0. The first-order chi connectivity index (χ1) is 7.15. The molecule has 0 saturated carbocycles. The molecule has 3 N–H and O–H groups in total. The number of halogens is 2. The predicted octanol–water partition coefficient (Wildman–Crippen LogP) is 1.51. The molecule has 4 heteroatoms. The molecule has 2 nitrogen and oxygen atoms in total. The molecule has 0 radical (unpaired) electrons. The van der Waals surface area contributed by atoms with Gasteiger partial charge in [0.15, 0.2) is 0 Å². The van der Waals surface area contributed by atoms with E-state index in [9.17, 15) is 8.78 Å². The molecule has 0 unspecified atom stereocenters. The van der Waals surface area contributed by atoms with Gasteiger partial charge in [0.25, 0.3) is 0 Å². The van der Waals surface area contributed by atoms with Crippen molar-refractivity contribution in [2.45, 2.75) is 6.42 Å². The quantitative estimate of drug-likeness (QED) is 0.441. The number of hydrogen-bond donors (Lipinski definition) is 2. The summed E-state index contributed by atoms with van der Waals surface area (Å²) in [7, 11) is 1.81. The van der Waals surface area contributed by atoms with E-state index in [0.717, 1.165) is 18.7 Å². The lowest BCUT2D eigenvalue weighted by atomic mass is 10.2. The third-order valence-corrected chi connectivity index (χ3v) is 1.81. The van der Waals surface area contributed by atoms with Crippen LogP contribution in [0.2, 0.25) is 0 Å². The van der Waals surface area contributed by atoms with Gasteiger partial charge < -0.3 is 11.1 Å². The summed E-state index contributed by atoms with van der Waals surface area (Å²) in [5, 5.41) is 2.92. The van der Waals surface area contributed by atoms with E-state index in [1.165, 1.54) is 0 Å². The van der Waals surface area contributed by atoms with Gasteiger partial charge in [0, 0.05) is 18.5 Å². The van der Waals surface area contributed by atoms with Crippen LogP contribution in [-0.4, -0.2) is 13.6 Å². The van der Waals surface area contributed by atoms with Gasteiger partial charge in [-0.3, -0.25) is 0 Å². The first kappa shape index (κ1) is 11.5. The summed E-state index contributed by atoms with van der Waals surface area (Å²) in [6.45, 7) is 0.743. The van der Waals surface area contributed by atoms with Gasteiger partial charge in [-0.1, -0.05) is 11.8 Å². The number of nitrogens with one attached hydrogen (secondary N) is 1. The van der Waals surface area contributed by atoms with Gasteiger partial charge >= 0.3 is 0 Å². The molecule has 0 spiro atoms. The second kappa shape index (κ2) is 5.32. The number of benzene rings is 1. The molecular formula is C11H12F2N2. The highest BCUT2D eigenvalue weighted by atomic mass is 19.1. The summed E-state index contributed by atoms with van der Waals surface area (Å²) in [5.41, 5.74) is 4.96. The van der Waals surface area contributed by atoms with Crippen LogP contribution in [0.4, 0.5) is 14.5 Å². The van der Waals surface area contributed by atoms with Crippen molar-refractivity contribution in [3.8, 4) is 11.8 Å². The van der Waals surface area contributed by atoms with Crippen molar-refractivity contribution in [3.63, 3.8) is 0 Å². The zero-order chi connectivity index (χ0) is 11.3. The van der Waals surface area contributed by atoms with E-state index in [2.05, 4.69) is 17.2 Å². The highest BCUT2D eigenvalue weighted by Crippen LogP contribution is 2.16. The van der Waals surface area contributed by atoms with Gasteiger partial charge in [0.2, 0.25) is 0 Å². The van der Waals surface area contributed by atoms with E-state index >= 15 is 0 Å². The zero-order valence-electron chi connectivity index (χ0n) is 8.40. The largest absolute Gasteiger partial charge is 0.394 e. The molecule has 1 aromatic rings. The molecule has 15 heavy (non-hydrogen) atoms. The Morgan fingerprint density at radius 2 is 1.93 bits per heavy atom. The van der Waals surface area contributed by atoms with Crippen LogP contribution in [-0.2, 0) is 0 Å². The average Bonchev–Trinajstić information content (AvgIpc) is 2.21. The second-order valence-corrected chi connectivity index (χ2v) is 3.01. The molecule has 80 valence electrons. The van der Waals surface area contributed by atoms with Crippen LogP contribution in [0.15, 0.2) is 12.1 Å². The van der Waals surface area contributed by atoms with Gasteiger partial charge in [0.1, 0.15) is 17.3 Å². The number of nitrogens with two attached hydrogens (primary N) is 1. The van der Waals surface area contributed by atoms with Gasteiger partial charge in [-0.2, -0.15) is 0 Å². The standard InChI is InChI=1S/C11H12F2N2/c1-15-5-3-2-4-8-6-9(12)11(14)10(13)7-8/h6-7,15H,3,5,14H2,1H3. The van der Waals surface area contributed by atoms with Crippen molar-refractivity contribution >= 4 is 5.69 Å². The minimum atomic E-state index is -0.770. The summed E-state index contributed by atoms with van der Waals surface area (Å²) in [4.78, 5) is 0. The molecule has 0 atom stereocenters. The normalized spacial score (nSPS) is 9.53. The summed E-state index contributed by atoms with van der Waals surface area (Å²) < 4.78 is 25.9. The Balaban J connectivity index is 2.81. The molecule has 1 rings (SSSR count). The van der Waals surface area contributed by atoms with E-state index in [-0.39, 0.29) is 0 Å². The highest BCUT2D eigenvalue weighted by Gasteiger charge is 2.05. The number of hydrogen-bond acceptors (Lipinski definition) is 2. The summed E-state index contributed by atoms with van der Waals surface area (Å²) in [5.74, 6) is 3.91. The van der Waals surface area contributed by atoms with E-state index in [0.29, 0.717) is 12.0 Å². The number of anilines is 1. The zero-order valence-corrected chi connectivity index (χ0v) is 8.40. The summed E-state index contributed by atoms with van der Waals surface area (Å²) in [6.07, 6.45) is 0.629. The molecule has 0 fully saturated rings. The summed E-state index contributed by atoms with van der Waals surface area (Å²) in [6, 6.07) is 2.26. The predicted molar refractivity (Wildman–Crippen MR) is 56.2 cm³/mol. The van der Waals surface area contributed by atoms with Crippen molar-refractivity contribution in [1.29, 1.82) is 0 Å². The van der Waals surface area contributed by atoms with Gasteiger partial charge in [0.05, 0.1) is 0 Å². The van der Waals surface area contributed by atoms with Gasteiger partial charge in [-0.15, -0.1) is 0 Å². The van der Waals surface area contributed by atoms with Crippen molar-refractivity contribution in [2.75, 3.05) is 19.3 Å². The maximum absolute atomic E-state index is 13.0. The average molecular weight is 210 g/mol. The van der Waals surface area contributed by atoms with Crippen molar-refractivity contribution < 1.29 is 8.78 Å². The molecule has 0 bridgehead atoms. The minimum Gasteiger partial charge on any atom is -0.394 e. The monoisotopic (exact) mass is 210 g/mol. The Hall–Kier alpha value is -1.60. The molecule has 0 amide bonds. The first-order valence-corrected chi connectivity index (χ1v) is 4.53. The number of rotatable bonds is 2. The van der Waals surface area contributed by atoms with Crippen LogP contribution in [0.5, 0.6) is 0 Å². The topological polar surface area (TPSA) is 38.0 Å².